The Kier molecular flexibility index (Phi) is 5.97. The van der Waals surface area contributed by atoms with E-state index in [0.717, 1.165) is 0 Å². The quantitative estimate of drug-likeness (QED) is 0.372. The van der Waals surface area contributed by atoms with Gasteiger partial charge in [-0.1, -0.05) is 0 Å². The third-order valence-electron chi connectivity index (χ3n) is 1.66. The van der Waals surface area contributed by atoms with Crippen LogP contribution in [-0.2, 0) is 4.74 Å². The number of nitrogen functional groups attached to an aromatic ring is 1. The van der Waals surface area contributed by atoms with Crippen molar-refractivity contribution in [2.24, 2.45) is 5.84 Å². The average Bonchev–Trinajstić information content (AvgIpc) is 2.35. The van der Waals surface area contributed by atoms with Crippen LogP contribution in [0.1, 0.15) is 13.8 Å². The molecule has 3 N–H and O–H groups in total. The fraction of sp³-hybridized carbons (Fsp3) is 0.667. The van der Waals surface area contributed by atoms with Crippen LogP contribution in [0.4, 0.5) is 5.95 Å². The monoisotopic (exact) mass is 243 g/mol. The fourth-order valence-electron chi connectivity index (χ4n) is 0.997. The number of nitrogens with zero attached hydrogens (tertiary/aromatic N) is 3. The molecule has 8 heteroatoms. The van der Waals surface area contributed by atoms with Crippen LogP contribution in [0, 0.1) is 0 Å². The first kappa shape index (κ1) is 13.4. The van der Waals surface area contributed by atoms with E-state index in [9.17, 15) is 0 Å². The first-order chi connectivity index (χ1) is 8.30. The SMILES string of the molecule is CCOCCOc1nc(NN)nc(OCC)n1. The molecule has 0 unspecified atom stereocenters. The third-order valence-corrected chi connectivity index (χ3v) is 1.66. The predicted octanol–water partition coefficient (Wildman–Crippen LogP) is -0.0288. The fourth-order valence-corrected chi connectivity index (χ4v) is 0.997. The van der Waals surface area contributed by atoms with Crippen LogP contribution in [0.25, 0.3) is 0 Å². The Morgan fingerprint density at radius 2 is 1.71 bits per heavy atom. The zero-order valence-electron chi connectivity index (χ0n) is 9.97. The molecule has 1 heterocycles. The maximum atomic E-state index is 5.27. The van der Waals surface area contributed by atoms with Crippen molar-refractivity contribution in [2.45, 2.75) is 13.8 Å². The van der Waals surface area contributed by atoms with Gasteiger partial charge in [-0.25, -0.2) is 5.84 Å². The van der Waals surface area contributed by atoms with E-state index in [-0.39, 0.29) is 18.0 Å². The standard InChI is InChI=1S/C9H17N5O3/c1-3-15-5-6-17-9-12-7(14-10)11-8(13-9)16-4-2/h3-6,10H2,1-2H3,(H,11,12,13,14). The van der Waals surface area contributed by atoms with E-state index in [1.54, 1.807) is 0 Å². The predicted molar refractivity (Wildman–Crippen MR) is 60.8 cm³/mol. The summed E-state index contributed by atoms with van der Waals surface area (Å²) in [7, 11) is 0. The van der Waals surface area contributed by atoms with Gasteiger partial charge in [0.2, 0.25) is 5.95 Å². The molecular formula is C9H17N5O3. The molecule has 0 saturated carbocycles. The van der Waals surface area contributed by atoms with E-state index >= 15 is 0 Å². The van der Waals surface area contributed by atoms with E-state index in [2.05, 4.69) is 20.4 Å². The Hall–Kier alpha value is -1.67. The van der Waals surface area contributed by atoms with Gasteiger partial charge in [0.1, 0.15) is 6.61 Å². The summed E-state index contributed by atoms with van der Waals surface area (Å²) >= 11 is 0. The molecule has 0 fully saturated rings. The minimum Gasteiger partial charge on any atom is -0.464 e. The lowest BCUT2D eigenvalue weighted by Gasteiger charge is -2.07. The van der Waals surface area contributed by atoms with Gasteiger partial charge in [-0.15, -0.1) is 4.98 Å². The van der Waals surface area contributed by atoms with E-state index in [0.29, 0.717) is 26.4 Å². The summed E-state index contributed by atoms with van der Waals surface area (Å²) in [5.41, 5.74) is 2.31. The van der Waals surface area contributed by atoms with Gasteiger partial charge in [0.15, 0.2) is 0 Å². The summed E-state index contributed by atoms with van der Waals surface area (Å²) in [6, 6.07) is 0.318. The number of ether oxygens (including phenoxy) is 3. The van der Waals surface area contributed by atoms with E-state index in [1.807, 2.05) is 13.8 Å². The molecule has 8 nitrogen and oxygen atoms in total. The molecule has 0 spiro atoms. The highest BCUT2D eigenvalue weighted by Gasteiger charge is 2.07. The molecule has 0 aromatic carbocycles. The molecule has 1 aromatic rings. The van der Waals surface area contributed by atoms with Crippen molar-refractivity contribution in [3.8, 4) is 12.0 Å². The number of hydrogen-bond donors (Lipinski definition) is 2. The smallest absolute Gasteiger partial charge is 0.324 e. The maximum Gasteiger partial charge on any atom is 0.324 e. The lowest BCUT2D eigenvalue weighted by molar-refractivity contribution is 0.106. The molecule has 96 valence electrons. The van der Waals surface area contributed by atoms with Crippen LogP contribution < -0.4 is 20.7 Å². The first-order valence-corrected chi connectivity index (χ1v) is 5.36. The Balaban J connectivity index is 2.59. The Bertz CT molecular complexity index is 336. The second-order valence-electron chi connectivity index (χ2n) is 2.85. The van der Waals surface area contributed by atoms with Crippen LogP contribution in [0.3, 0.4) is 0 Å². The topological polar surface area (TPSA) is 104 Å². The van der Waals surface area contributed by atoms with Crippen molar-refractivity contribution in [2.75, 3.05) is 31.9 Å². The van der Waals surface area contributed by atoms with E-state index in [1.165, 1.54) is 0 Å². The highest BCUT2D eigenvalue weighted by Crippen LogP contribution is 2.11. The lowest BCUT2D eigenvalue weighted by atomic mass is 10.7. The van der Waals surface area contributed by atoms with Gasteiger partial charge in [0.05, 0.1) is 13.2 Å². The highest BCUT2D eigenvalue weighted by atomic mass is 16.5. The Morgan fingerprint density at radius 1 is 1.00 bits per heavy atom. The van der Waals surface area contributed by atoms with Gasteiger partial charge in [-0.2, -0.15) is 9.97 Å². The first-order valence-electron chi connectivity index (χ1n) is 5.36. The normalized spacial score (nSPS) is 10.1. The molecule has 0 saturated heterocycles. The second-order valence-corrected chi connectivity index (χ2v) is 2.85. The maximum absolute atomic E-state index is 5.27. The van der Waals surface area contributed by atoms with Crippen molar-refractivity contribution in [3.63, 3.8) is 0 Å². The van der Waals surface area contributed by atoms with Gasteiger partial charge in [-0.05, 0) is 13.8 Å². The summed E-state index contributed by atoms with van der Waals surface area (Å²) in [5, 5.41) is 0. The molecule has 0 radical (unpaired) electrons. The number of rotatable bonds is 8. The molecule has 0 aliphatic heterocycles. The molecular weight excluding hydrogens is 226 g/mol. The lowest BCUT2D eigenvalue weighted by Crippen LogP contribution is -2.14. The third kappa shape index (κ3) is 4.79. The van der Waals surface area contributed by atoms with Crippen LogP contribution in [-0.4, -0.2) is 41.4 Å². The van der Waals surface area contributed by atoms with Crippen LogP contribution in [0.5, 0.6) is 12.0 Å². The Labute approximate surface area is 99.5 Å². The van der Waals surface area contributed by atoms with Crippen LogP contribution in [0.2, 0.25) is 0 Å². The van der Waals surface area contributed by atoms with E-state index < -0.39 is 0 Å². The van der Waals surface area contributed by atoms with Crippen molar-refractivity contribution in [3.05, 3.63) is 0 Å². The molecule has 0 bridgehead atoms. The summed E-state index contributed by atoms with van der Waals surface area (Å²) in [4.78, 5) is 11.8. The molecule has 1 aromatic heterocycles. The largest absolute Gasteiger partial charge is 0.464 e. The van der Waals surface area contributed by atoms with Crippen molar-refractivity contribution in [1.29, 1.82) is 0 Å². The second kappa shape index (κ2) is 7.58. The van der Waals surface area contributed by atoms with Gasteiger partial charge in [0, 0.05) is 6.61 Å². The minimum atomic E-state index is 0.149. The van der Waals surface area contributed by atoms with Crippen molar-refractivity contribution >= 4 is 5.95 Å². The molecule has 1 rings (SSSR count). The number of anilines is 1. The summed E-state index contributed by atoms with van der Waals surface area (Å²) in [6.07, 6.45) is 0. The number of nitrogens with one attached hydrogen (secondary N) is 1. The van der Waals surface area contributed by atoms with Crippen LogP contribution in [0.15, 0.2) is 0 Å². The highest BCUT2D eigenvalue weighted by molar-refractivity contribution is 5.25. The van der Waals surface area contributed by atoms with Crippen molar-refractivity contribution in [1.82, 2.24) is 15.0 Å². The van der Waals surface area contributed by atoms with Crippen molar-refractivity contribution < 1.29 is 14.2 Å². The minimum absolute atomic E-state index is 0.149. The van der Waals surface area contributed by atoms with Gasteiger partial charge in [0.25, 0.3) is 0 Å². The molecule has 0 aliphatic carbocycles. The summed E-state index contributed by atoms with van der Waals surface area (Å²) in [5.74, 6) is 5.41. The van der Waals surface area contributed by atoms with Gasteiger partial charge >= 0.3 is 12.0 Å². The van der Waals surface area contributed by atoms with Gasteiger partial charge in [-0.3, -0.25) is 5.43 Å². The van der Waals surface area contributed by atoms with Crippen LogP contribution >= 0.6 is 0 Å². The molecule has 17 heavy (non-hydrogen) atoms. The zero-order valence-corrected chi connectivity index (χ0v) is 9.97. The average molecular weight is 243 g/mol. The number of hydrazine groups is 1. The molecule has 0 atom stereocenters. The summed E-state index contributed by atoms with van der Waals surface area (Å²) in [6.45, 7) is 5.65. The molecule has 0 amide bonds. The number of hydrogen-bond acceptors (Lipinski definition) is 8. The zero-order chi connectivity index (χ0) is 12.5. The Morgan fingerprint density at radius 3 is 2.29 bits per heavy atom. The summed E-state index contributed by atoms with van der Waals surface area (Å²) < 4.78 is 15.5. The molecule has 0 aliphatic rings. The number of aromatic nitrogens is 3. The van der Waals surface area contributed by atoms with E-state index in [4.69, 9.17) is 20.1 Å². The number of nitrogens with two attached hydrogens (primary N) is 1. The van der Waals surface area contributed by atoms with Gasteiger partial charge < -0.3 is 14.2 Å².